The standard InChI is InChI=1S/C17H29N5/c1-17(2,14-20-7-3-4-8-20)15-21-9-11-22(12-10-21)16-13-18-5-6-19-16/h5-6,13H,3-4,7-12,14-15H2,1-2H3. The first-order valence-corrected chi connectivity index (χ1v) is 8.58. The molecule has 122 valence electrons. The highest BCUT2D eigenvalue weighted by atomic mass is 15.3. The van der Waals surface area contributed by atoms with E-state index in [-0.39, 0.29) is 0 Å². The van der Waals surface area contributed by atoms with Crippen molar-refractivity contribution >= 4 is 5.82 Å². The monoisotopic (exact) mass is 303 g/mol. The maximum atomic E-state index is 4.41. The average molecular weight is 303 g/mol. The summed E-state index contributed by atoms with van der Waals surface area (Å²) in [5, 5.41) is 0. The van der Waals surface area contributed by atoms with Crippen LogP contribution in [-0.4, -0.2) is 72.1 Å². The molecule has 0 aromatic carbocycles. The molecule has 5 heteroatoms. The van der Waals surface area contributed by atoms with E-state index in [9.17, 15) is 0 Å². The van der Waals surface area contributed by atoms with Crippen molar-refractivity contribution in [2.24, 2.45) is 5.41 Å². The van der Waals surface area contributed by atoms with E-state index in [0.717, 1.165) is 32.0 Å². The van der Waals surface area contributed by atoms with Crippen LogP contribution in [0.4, 0.5) is 5.82 Å². The van der Waals surface area contributed by atoms with Gasteiger partial charge in [-0.05, 0) is 31.3 Å². The minimum absolute atomic E-state index is 0.374. The van der Waals surface area contributed by atoms with Crippen LogP contribution in [0.1, 0.15) is 26.7 Å². The van der Waals surface area contributed by atoms with Crippen LogP contribution >= 0.6 is 0 Å². The third-order valence-electron chi connectivity index (χ3n) is 4.75. The minimum Gasteiger partial charge on any atom is -0.353 e. The molecular weight excluding hydrogens is 274 g/mol. The summed E-state index contributed by atoms with van der Waals surface area (Å²) in [6, 6.07) is 0. The van der Waals surface area contributed by atoms with Gasteiger partial charge >= 0.3 is 0 Å². The Balaban J connectivity index is 1.46. The van der Waals surface area contributed by atoms with Gasteiger partial charge in [-0.1, -0.05) is 13.8 Å². The van der Waals surface area contributed by atoms with E-state index in [1.54, 1.807) is 12.4 Å². The van der Waals surface area contributed by atoms with E-state index < -0.39 is 0 Å². The predicted molar refractivity (Wildman–Crippen MR) is 90.1 cm³/mol. The van der Waals surface area contributed by atoms with Crippen LogP contribution in [0.3, 0.4) is 0 Å². The quantitative estimate of drug-likeness (QED) is 0.828. The lowest BCUT2D eigenvalue weighted by molar-refractivity contribution is 0.128. The first-order chi connectivity index (χ1) is 10.6. The molecule has 0 amide bonds. The Kier molecular flexibility index (Phi) is 4.93. The Hall–Kier alpha value is -1.20. The number of rotatable bonds is 5. The molecule has 2 saturated heterocycles. The Morgan fingerprint density at radius 2 is 1.55 bits per heavy atom. The van der Waals surface area contributed by atoms with Crippen LogP contribution in [0.5, 0.6) is 0 Å². The fraction of sp³-hybridized carbons (Fsp3) is 0.765. The summed E-state index contributed by atoms with van der Waals surface area (Å²) < 4.78 is 0. The molecule has 0 atom stereocenters. The lowest BCUT2D eigenvalue weighted by atomic mass is 9.91. The Morgan fingerprint density at radius 3 is 2.14 bits per heavy atom. The van der Waals surface area contributed by atoms with Crippen molar-refractivity contribution in [2.45, 2.75) is 26.7 Å². The molecule has 1 aromatic heterocycles. The number of aromatic nitrogens is 2. The van der Waals surface area contributed by atoms with Gasteiger partial charge in [0.25, 0.3) is 0 Å². The summed E-state index contributed by atoms with van der Waals surface area (Å²) >= 11 is 0. The van der Waals surface area contributed by atoms with Gasteiger partial charge in [0.1, 0.15) is 5.82 Å². The molecule has 3 heterocycles. The zero-order valence-corrected chi connectivity index (χ0v) is 14.0. The van der Waals surface area contributed by atoms with Gasteiger partial charge in [0, 0.05) is 51.7 Å². The van der Waals surface area contributed by atoms with E-state index in [0.29, 0.717) is 5.41 Å². The summed E-state index contributed by atoms with van der Waals surface area (Å²) in [7, 11) is 0. The molecule has 5 nitrogen and oxygen atoms in total. The molecule has 1 aromatic rings. The van der Waals surface area contributed by atoms with Crippen molar-refractivity contribution in [3.8, 4) is 0 Å². The third kappa shape index (κ3) is 4.17. The van der Waals surface area contributed by atoms with Gasteiger partial charge in [0.2, 0.25) is 0 Å². The topological polar surface area (TPSA) is 35.5 Å². The number of anilines is 1. The lowest BCUT2D eigenvalue weighted by Gasteiger charge is -2.40. The Labute approximate surface area is 134 Å². The Morgan fingerprint density at radius 1 is 0.909 bits per heavy atom. The summed E-state index contributed by atoms with van der Waals surface area (Å²) in [5.74, 6) is 1.01. The molecule has 2 aliphatic rings. The van der Waals surface area contributed by atoms with E-state index in [4.69, 9.17) is 0 Å². The van der Waals surface area contributed by atoms with Gasteiger partial charge in [0.15, 0.2) is 0 Å². The SMILES string of the molecule is CC(C)(CN1CCCC1)CN1CCN(c2cnccn2)CC1. The fourth-order valence-electron chi connectivity index (χ4n) is 3.79. The van der Waals surface area contributed by atoms with E-state index in [2.05, 4.69) is 38.5 Å². The van der Waals surface area contributed by atoms with Crippen molar-refractivity contribution in [1.82, 2.24) is 19.8 Å². The molecule has 0 spiro atoms. The molecule has 0 N–H and O–H groups in total. The van der Waals surface area contributed by atoms with Gasteiger partial charge in [0.05, 0.1) is 6.20 Å². The number of hydrogen-bond acceptors (Lipinski definition) is 5. The molecule has 0 unspecified atom stereocenters. The molecular formula is C17H29N5. The average Bonchev–Trinajstić information content (AvgIpc) is 3.00. The van der Waals surface area contributed by atoms with E-state index in [1.807, 2.05) is 6.20 Å². The van der Waals surface area contributed by atoms with Crippen molar-refractivity contribution in [2.75, 3.05) is 57.3 Å². The van der Waals surface area contributed by atoms with Gasteiger partial charge < -0.3 is 9.80 Å². The molecule has 2 aliphatic heterocycles. The van der Waals surface area contributed by atoms with Crippen LogP contribution in [0, 0.1) is 5.41 Å². The van der Waals surface area contributed by atoms with Crippen molar-refractivity contribution < 1.29 is 0 Å². The van der Waals surface area contributed by atoms with E-state index >= 15 is 0 Å². The zero-order valence-electron chi connectivity index (χ0n) is 14.0. The third-order valence-corrected chi connectivity index (χ3v) is 4.75. The summed E-state index contributed by atoms with van der Waals surface area (Å²) in [6.45, 7) is 14.2. The number of hydrogen-bond donors (Lipinski definition) is 0. The van der Waals surface area contributed by atoms with Crippen molar-refractivity contribution in [3.63, 3.8) is 0 Å². The second kappa shape index (κ2) is 6.92. The summed E-state index contributed by atoms with van der Waals surface area (Å²) in [4.78, 5) is 16.2. The van der Waals surface area contributed by atoms with Crippen LogP contribution in [0.15, 0.2) is 18.6 Å². The summed E-state index contributed by atoms with van der Waals surface area (Å²) in [6.07, 6.45) is 8.15. The van der Waals surface area contributed by atoms with Gasteiger partial charge in [-0.15, -0.1) is 0 Å². The maximum Gasteiger partial charge on any atom is 0.147 e. The highest BCUT2D eigenvalue weighted by Gasteiger charge is 2.28. The normalized spacial score (nSPS) is 21.5. The van der Waals surface area contributed by atoms with Crippen molar-refractivity contribution in [1.29, 1.82) is 0 Å². The first-order valence-electron chi connectivity index (χ1n) is 8.58. The molecule has 22 heavy (non-hydrogen) atoms. The lowest BCUT2D eigenvalue weighted by Crippen LogP contribution is -2.50. The van der Waals surface area contributed by atoms with Crippen molar-refractivity contribution in [3.05, 3.63) is 18.6 Å². The molecule has 0 bridgehead atoms. The van der Waals surface area contributed by atoms with Crippen LogP contribution < -0.4 is 4.90 Å². The number of nitrogens with zero attached hydrogens (tertiary/aromatic N) is 5. The molecule has 0 saturated carbocycles. The van der Waals surface area contributed by atoms with E-state index in [1.165, 1.54) is 39.0 Å². The first kappa shape index (κ1) is 15.7. The fourth-order valence-corrected chi connectivity index (χ4v) is 3.79. The Bertz CT molecular complexity index is 447. The molecule has 2 fully saturated rings. The highest BCUT2D eigenvalue weighted by molar-refractivity contribution is 5.35. The van der Waals surface area contributed by atoms with Crippen LogP contribution in [-0.2, 0) is 0 Å². The second-order valence-electron chi connectivity index (χ2n) is 7.47. The van der Waals surface area contributed by atoms with Crippen LogP contribution in [0.25, 0.3) is 0 Å². The molecule has 0 radical (unpaired) electrons. The highest BCUT2D eigenvalue weighted by Crippen LogP contribution is 2.23. The second-order valence-corrected chi connectivity index (χ2v) is 7.47. The number of likely N-dealkylation sites (tertiary alicyclic amines) is 1. The van der Waals surface area contributed by atoms with Gasteiger partial charge in [-0.3, -0.25) is 9.88 Å². The predicted octanol–water partition coefficient (Wildman–Crippen LogP) is 1.72. The number of piperazine rings is 1. The van der Waals surface area contributed by atoms with Crippen LogP contribution in [0.2, 0.25) is 0 Å². The molecule has 3 rings (SSSR count). The largest absolute Gasteiger partial charge is 0.353 e. The smallest absolute Gasteiger partial charge is 0.147 e. The maximum absolute atomic E-state index is 4.41. The zero-order chi connectivity index (χ0) is 15.4. The minimum atomic E-state index is 0.374. The van der Waals surface area contributed by atoms with Gasteiger partial charge in [-0.25, -0.2) is 4.98 Å². The van der Waals surface area contributed by atoms with Gasteiger partial charge in [-0.2, -0.15) is 0 Å². The summed E-state index contributed by atoms with van der Waals surface area (Å²) in [5.41, 5.74) is 0.374. The molecule has 0 aliphatic carbocycles.